The normalized spacial score (nSPS) is 17.7. The van der Waals surface area contributed by atoms with Gasteiger partial charge >= 0.3 is 0 Å². The van der Waals surface area contributed by atoms with Gasteiger partial charge in [0.15, 0.2) is 0 Å². The molecule has 0 unspecified atom stereocenters. The van der Waals surface area contributed by atoms with Gasteiger partial charge in [0, 0.05) is 45.3 Å². The second-order valence-electron chi connectivity index (χ2n) is 4.95. The van der Waals surface area contributed by atoms with E-state index < -0.39 is 0 Å². The highest BCUT2D eigenvalue weighted by Crippen LogP contribution is 1.92. The number of nitrogens with one attached hydrogen (secondary N) is 2. The van der Waals surface area contributed by atoms with E-state index >= 15 is 0 Å². The Morgan fingerprint density at radius 3 is 2.65 bits per heavy atom. The maximum atomic E-state index is 11.7. The Hall–Kier alpha value is -0.650. The van der Waals surface area contributed by atoms with Crippen LogP contribution in [0.4, 0.5) is 0 Å². The Balaban J connectivity index is 2.08. The molecule has 0 aliphatic carbocycles. The average molecular weight is 242 g/mol. The summed E-state index contributed by atoms with van der Waals surface area (Å²) in [5.74, 6) is 0.143. The lowest BCUT2D eigenvalue weighted by Crippen LogP contribution is -2.48. The molecular formula is C12H26N4O. The lowest BCUT2D eigenvalue weighted by Gasteiger charge is -2.26. The molecule has 1 aliphatic heterocycles. The van der Waals surface area contributed by atoms with Crippen LogP contribution in [0.3, 0.4) is 0 Å². The van der Waals surface area contributed by atoms with E-state index in [2.05, 4.69) is 41.3 Å². The summed E-state index contributed by atoms with van der Waals surface area (Å²) in [6.07, 6.45) is 0. The first-order valence-corrected chi connectivity index (χ1v) is 6.49. The van der Waals surface area contributed by atoms with Gasteiger partial charge < -0.3 is 15.5 Å². The zero-order valence-corrected chi connectivity index (χ0v) is 11.3. The van der Waals surface area contributed by atoms with Crippen LogP contribution < -0.4 is 10.6 Å². The predicted octanol–water partition coefficient (Wildman–Crippen LogP) is -0.652. The number of hydrogen-bond donors (Lipinski definition) is 2. The van der Waals surface area contributed by atoms with Crippen LogP contribution in [0.15, 0.2) is 0 Å². The van der Waals surface area contributed by atoms with Gasteiger partial charge in [0.05, 0.1) is 6.54 Å². The Labute approximate surface area is 105 Å². The highest BCUT2D eigenvalue weighted by Gasteiger charge is 2.13. The summed E-state index contributed by atoms with van der Waals surface area (Å²) < 4.78 is 0. The van der Waals surface area contributed by atoms with Crippen LogP contribution in [0.5, 0.6) is 0 Å². The van der Waals surface area contributed by atoms with Crippen molar-refractivity contribution in [1.29, 1.82) is 0 Å². The molecule has 0 radical (unpaired) electrons. The SMILES string of the molecule is CC(C)N(C)CCNC(=O)CN1CCNCC1. The van der Waals surface area contributed by atoms with E-state index in [-0.39, 0.29) is 5.91 Å². The topological polar surface area (TPSA) is 47.6 Å². The summed E-state index contributed by atoms with van der Waals surface area (Å²) in [6, 6.07) is 0.528. The molecule has 0 atom stereocenters. The molecule has 0 aromatic rings. The van der Waals surface area contributed by atoms with Gasteiger partial charge in [-0.2, -0.15) is 0 Å². The quantitative estimate of drug-likeness (QED) is 0.650. The number of likely N-dealkylation sites (N-methyl/N-ethyl adjacent to an activating group) is 1. The first-order valence-electron chi connectivity index (χ1n) is 6.49. The Kier molecular flexibility index (Phi) is 6.47. The van der Waals surface area contributed by atoms with Crippen molar-refractivity contribution in [1.82, 2.24) is 20.4 Å². The molecule has 0 bridgehead atoms. The largest absolute Gasteiger partial charge is 0.354 e. The van der Waals surface area contributed by atoms with Gasteiger partial charge in [-0.1, -0.05) is 0 Å². The minimum Gasteiger partial charge on any atom is -0.354 e. The van der Waals surface area contributed by atoms with Crippen LogP contribution >= 0.6 is 0 Å². The Bertz CT molecular complexity index is 227. The standard InChI is InChI=1S/C12H26N4O/c1-11(2)15(3)7-6-14-12(17)10-16-8-4-13-5-9-16/h11,13H,4-10H2,1-3H3,(H,14,17). The lowest BCUT2D eigenvalue weighted by atomic mass is 10.3. The summed E-state index contributed by atoms with van der Waals surface area (Å²) >= 11 is 0. The number of rotatable bonds is 6. The molecule has 1 fully saturated rings. The monoisotopic (exact) mass is 242 g/mol. The summed E-state index contributed by atoms with van der Waals surface area (Å²) in [6.45, 7) is 10.4. The maximum absolute atomic E-state index is 11.7. The van der Waals surface area contributed by atoms with Crippen molar-refractivity contribution >= 4 is 5.91 Å². The van der Waals surface area contributed by atoms with E-state index in [1.807, 2.05) is 0 Å². The fraction of sp³-hybridized carbons (Fsp3) is 0.917. The predicted molar refractivity (Wildman–Crippen MR) is 70.1 cm³/mol. The molecule has 0 spiro atoms. The average Bonchev–Trinajstić information content (AvgIpc) is 2.30. The first kappa shape index (κ1) is 14.4. The number of hydrogen-bond acceptors (Lipinski definition) is 4. The van der Waals surface area contributed by atoms with Gasteiger partial charge in [-0.3, -0.25) is 9.69 Å². The molecule has 5 heteroatoms. The first-order chi connectivity index (χ1) is 8.09. The zero-order chi connectivity index (χ0) is 12.7. The Morgan fingerprint density at radius 2 is 2.06 bits per heavy atom. The fourth-order valence-corrected chi connectivity index (χ4v) is 1.76. The molecule has 5 nitrogen and oxygen atoms in total. The minimum atomic E-state index is 0.143. The number of carbonyl (C=O) groups excluding carboxylic acids is 1. The van der Waals surface area contributed by atoms with Crippen LogP contribution in [-0.2, 0) is 4.79 Å². The number of piperazine rings is 1. The van der Waals surface area contributed by atoms with E-state index in [1.54, 1.807) is 0 Å². The van der Waals surface area contributed by atoms with E-state index in [0.29, 0.717) is 12.6 Å². The fourth-order valence-electron chi connectivity index (χ4n) is 1.76. The van der Waals surface area contributed by atoms with Crippen LogP contribution in [0.25, 0.3) is 0 Å². The van der Waals surface area contributed by atoms with Crippen LogP contribution in [0.2, 0.25) is 0 Å². The van der Waals surface area contributed by atoms with Crippen LogP contribution in [-0.4, -0.2) is 74.6 Å². The molecule has 1 rings (SSSR count). The third kappa shape index (κ3) is 6.00. The lowest BCUT2D eigenvalue weighted by molar-refractivity contribution is -0.122. The number of carbonyl (C=O) groups is 1. The molecule has 1 amide bonds. The van der Waals surface area contributed by atoms with E-state index in [9.17, 15) is 4.79 Å². The molecule has 100 valence electrons. The van der Waals surface area contributed by atoms with Crippen molar-refractivity contribution in [3.05, 3.63) is 0 Å². The van der Waals surface area contributed by atoms with Gasteiger partial charge in [-0.05, 0) is 20.9 Å². The Morgan fingerprint density at radius 1 is 1.41 bits per heavy atom. The molecule has 0 saturated carbocycles. The highest BCUT2D eigenvalue weighted by atomic mass is 16.2. The van der Waals surface area contributed by atoms with Gasteiger partial charge in [0.25, 0.3) is 0 Å². The summed E-state index contributed by atoms with van der Waals surface area (Å²) in [4.78, 5) is 16.1. The van der Waals surface area contributed by atoms with E-state index in [0.717, 1.165) is 39.3 Å². The van der Waals surface area contributed by atoms with Crippen LogP contribution in [0, 0.1) is 0 Å². The van der Waals surface area contributed by atoms with Crippen molar-refractivity contribution < 1.29 is 4.79 Å². The molecule has 0 aromatic heterocycles. The van der Waals surface area contributed by atoms with Gasteiger partial charge in [-0.25, -0.2) is 0 Å². The molecule has 1 aliphatic rings. The minimum absolute atomic E-state index is 0.143. The van der Waals surface area contributed by atoms with Crippen molar-refractivity contribution in [2.24, 2.45) is 0 Å². The molecule has 17 heavy (non-hydrogen) atoms. The molecule has 2 N–H and O–H groups in total. The smallest absolute Gasteiger partial charge is 0.234 e. The third-order valence-electron chi connectivity index (χ3n) is 3.25. The van der Waals surface area contributed by atoms with Gasteiger partial charge in [-0.15, -0.1) is 0 Å². The third-order valence-corrected chi connectivity index (χ3v) is 3.25. The molecule has 0 aromatic carbocycles. The zero-order valence-electron chi connectivity index (χ0n) is 11.3. The van der Waals surface area contributed by atoms with Crippen LogP contribution in [0.1, 0.15) is 13.8 Å². The number of amides is 1. The molecular weight excluding hydrogens is 216 g/mol. The summed E-state index contributed by atoms with van der Waals surface area (Å²) in [5, 5.41) is 6.25. The van der Waals surface area contributed by atoms with E-state index in [1.165, 1.54) is 0 Å². The maximum Gasteiger partial charge on any atom is 0.234 e. The van der Waals surface area contributed by atoms with Gasteiger partial charge in [0.1, 0.15) is 0 Å². The van der Waals surface area contributed by atoms with Crippen molar-refractivity contribution in [3.8, 4) is 0 Å². The van der Waals surface area contributed by atoms with Crippen molar-refractivity contribution in [3.63, 3.8) is 0 Å². The summed E-state index contributed by atoms with van der Waals surface area (Å²) in [7, 11) is 2.08. The molecule has 1 heterocycles. The second kappa shape index (κ2) is 7.63. The van der Waals surface area contributed by atoms with Crippen molar-refractivity contribution in [2.75, 3.05) is 52.9 Å². The summed E-state index contributed by atoms with van der Waals surface area (Å²) in [5.41, 5.74) is 0. The second-order valence-corrected chi connectivity index (χ2v) is 4.95. The highest BCUT2D eigenvalue weighted by molar-refractivity contribution is 5.78. The molecule has 1 saturated heterocycles. The number of nitrogens with zero attached hydrogens (tertiary/aromatic N) is 2. The van der Waals surface area contributed by atoms with Crippen molar-refractivity contribution in [2.45, 2.75) is 19.9 Å². The van der Waals surface area contributed by atoms with E-state index in [4.69, 9.17) is 0 Å². The van der Waals surface area contributed by atoms with Gasteiger partial charge in [0.2, 0.25) is 5.91 Å².